The molecule has 0 bridgehead atoms. The third-order valence-electron chi connectivity index (χ3n) is 1.31. The molecule has 52 valence electrons. The van der Waals surface area contributed by atoms with Gasteiger partial charge in [-0.15, -0.1) is 0 Å². The van der Waals surface area contributed by atoms with Crippen LogP contribution in [0.5, 0.6) is 0 Å². The van der Waals surface area contributed by atoms with Gasteiger partial charge in [-0.3, -0.25) is 4.98 Å². The molecule has 0 spiro atoms. The van der Waals surface area contributed by atoms with E-state index in [1.54, 1.807) is 6.20 Å². The molecule has 0 N–H and O–H groups in total. The molecule has 0 saturated heterocycles. The van der Waals surface area contributed by atoms with Crippen LogP contribution in [-0.4, -0.2) is 4.98 Å². The van der Waals surface area contributed by atoms with Crippen molar-refractivity contribution in [2.45, 2.75) is 13.3 Å². The number of allylic oxidation sites excluding steroid dienone is 2. The zero-order chi connectivity index (χ0) is 7.23. The Kier molecular flexibility index (Phi) is 2.68. The summed E-state index contributed by atoms with van der Waals surface area (Å²) in [6, 6.07) is 4.03. The van der Waals surface area contributed by atoms with Gasteiger partial charge in [0.15, 0.2) is 0 Å². The van der Waals surface area contributed by atoms with Gasteiger partial charge in [0.05, 0.1) is 0 Å². The molecule has 0 unspecified atom stereocenters. The molecule has 0 fully saturated rings. The van der Waals surface area contributed by atoms with Crippen molar-refractivity contribution in [3.63, 3.8) is 0 Å². The topological polar surface area (TPSA) is 12.9 Å². The molecule has 0 aliphatic carbocycles. The van der Waals surface area contributed by atoms with E-state index in [-0.39, 0.29) is 0 Å². The van der Waals surface area contributed by atoms with Gasteiger partial charge in [-0.2, -0.15) is 0 Å². The molecular weight excluding hydrogens is 122 g/mol. The maximum absolute atomic E-state index is 4.00. The van der Waals surface area contributed by atoms with E-state index in [0.29, 0.717) is 0 Å². The summed E-state index contributed by atoms with van der Waals surface area (Å²) in [6.45, 7) is 2.02. The summed E-state index contributed by atoms with van der Waals surface area (Å²) in [5.41, 5.74) is 1.26. The lowest BCUT2D eigenvalue weighted by atomic mass is 10.2. The highest BCUT2D eigenvalue weighted by Gasteiger charge is 1.84. The molecule has 1 rings (SSSR count). The molecule has 1 heteroatoms. The van der Waals surface area contributed by atoms with Crippen LogP contribution in [0.25, 0.3) is 0 Å². The summed E-state index contributed by atoms with van der Waals surface area (Å²) in [5.74, 6) is 0. The second kappa shape index (κ2) is 3.83. The highest BCUT2D eigenvalue weighted by molar-refractivity contribution is 5.11. The number of nitrogens with zero attached hydrogens (tertiary/aromatic N) is 1. The lowest BCUT2D eigenvalue weighted by molar-refractivity contribution is 1.19. The molecule has 0 atom stereocenters. The van der Waals surface area contributed by atoms with Crippen molar-refractivity contribution < 1.29 is 0 Å². The first kappa shape index (κ1) is 7.00. The quantitative estimate of drug-likeness (QED) is 0.563. The minimum atomic E-state index is 0.990. The van der Waals surface area contributed by atoms with Crippen LogP contribution in [0.1, 0.15) is 12.5 Å². The van der Waals surface area contributed by atoms with Gasteiger partial charge >= 0.3 is 0 Å². The third kappa shape index (κ3) is 2.02. The molecule has 10 heavy (non-hydrogen) atoms. The first-order valence-corrected chi connectivity index (χ1v) is 3.43. The first-order valence-electron chi connectivity index (χ1n) is 3.43. The number of hydrogen-bond donors (Lipinski definition) is 0. The summed E-state index contributed by atoms with van der Waals surface area (Å²) in [4.78, 5) is 4.00. The Balaban J connectivity index is 2.59. The van der Waals surface area contributed by atoms with Crippen molar-refractivity contribution in [3.05, 3.63) is 42.2 Å². The predicted octanol–water partition coefficient (Wildman–Crippen LogP) is 2.20. The van der Waals surface area contributed by atoms with E-state index < -0.39 is 0 Å². The number of hydrogen-bond acceptors (Lipinski definition) is 1. The predicted molar refractivity (Wildman–Crippen MR) is 42.8 cm³/mol. The molecule has 1 aromatic rings. The van der Waals surface area contributed by atoms with Gasteiger partial charge < -0.3 is 0 Å². The fraction of sp³-hybridized carbons (Fsp3) is 0.222. The summed E-state index contributed by atoms with van der Waals surface area (Å²) in [5, 5.41) is 0. The summed E-state index contributed by atoms with van der Waals surface area (Å²) >= 11 is 0. The largest absolute Gasteiger partial charge is 0.264 e. The van der Waals surface area contributed by atoms with Gasteiger partial charge in [0.1, 0.15) is 0 Å². The molecule has 0 saturated carbocycles. The van der Waals surface area contributed by atoms with Gasteiger partial charge in [0, 0.05) is 12.4 Å². The Morgan fingerprint density at radius 1 is 1.60 bits per heavy atom. The van der Waals surface area contributed by atoms with Gasteiger partial charge in [-0.25, -0.2) is 0 Å². The van der Waals surface area contributed by atoms with E-state index >= 15 is 0 Å². The second-order valence-electron chi connectivity index (χ2n) is 2.13. The van der Waals surface area contributed by atoms with Gasteiger partial charge in [0.2, 0.25) is 0 Å². The standard InChI is InChI=1S/C9H11N/c1-2-3-5-9-6-4-7-10-8-9/h2-4,6-8H,5H2,1H3. The van der Waals surface area contributed by atoms with Crippen LogP contribution < -0.4 is 0 Å². The van der Waals surface area contributed by atoms with Crippen LogP contribution in [0.2, 0.25) is 0 Å². The number of rotatable bonds is 2. The van der Waals surface area contributed by atoms with Crippen molar-refractivity contribution >= 4 is 0 Å². The Hall–Kier alpha value is -1.11. The Labute approximate surface area is 61.4 Å². The van der Waals surface area contributed by atoms with Crippen LogP contribution >= 0.6 is 0 Å². The van der Waals surface area contributed by atoms with Crippen molar-refractivity contribution in [2.24, 2.45) is 0 Å². The fourth-order valence-electron chi connectivity index (χ4n) is 0.773. The average molecular weight is 133 g/mol. The van der Waals surface area contributed by atoms with Crippen molar-refractivity contribution in [1.82, 2.24) is 4.98 Å². The van der Waals surface area contributed by atoms with Crippen LogP contribution in [0, 0.1) is 0 Å². The average Bonchev–Trinajstić information content (AvgIpc) is 2.03. The molecule has 1 aromatic heterocycles. The van der Waals surface area contributed by atoms with Crippen LogP contribution in [0.4, 0.5) is 0 Å². The van der Waals surface area contributed by atoms with Crippen LogP contribution in [-0.2, 0) is 6.42 Å². The van der Waals surface area contributed by atoms with Crippen molar-refractivity contribution in [1.29, 1.82) is 0 Å². The highest BCUT2D eigenvalue weighted by Crippen LogP contribution is 1.96. The van der Waals surface area contributed by atoms with Crippen molar-refractivity contribution in [2.75, 3.05) is 0 Å². The molecule has 1 heterocycles. The van der Waals surface area contributed by atoms with Gasteiger partial charge in [0.25, 0.3) is 0 Å². The molecular formula is C9H11N. The van der Waals surface area contributed by atoms with E-state index in [4.69, 9.17) is 0 Å². The normalized spacial score (nSPS) is 10.5. The minimum Gasteiger partial charge on any atom is -0.264 e. The highest BCUT2D eigenvalue weighted by atomic mass is 14.6. The molecule has 0 aromatic carbocycles. The zero-order valence-electron chi connectivity index (χ0n) is 6.12. The SMILES string of the molecule is CC=CCc1cccnc1. The first-order chi connectivity index (χ1) is 4.93. The molecule has 0 amide bonds. The summed E-state index contributed by atoms with van der Waals surface area (Å²) in [7, 11) is 0. The van der Waals surface area contributed by atoms with Crippen LogP contribution in [0.15, 0.2) is 36.7 Å². The lowest BCUT2D eigenvalue weighted by Crippen LogP contribution is -1.80. The monoisotopic (exact) mass is 133 g/mol. The molecule has 1 nitrogen and oxygen atoms in total. The molecule has 0 aliphatic rings. The van der Waals surface area contributed by atoms with Gasteiger partial charge in [-0.05, 0) is 25.0 Å². The minimum absolute atomic E-state index is 0.990. The Morgan fingerprint density at radius 2 is 2.50 bits per heavy atom. The molecule has 0 radical (unpaired) electrons. The van der Waals surface area contributed by atoms with E-state index in [2.05, 4.69) is 17.1 Å². The van der Waals surface area contributed by atoms with E-state index in [0.717, 1.165) is 6.42 Å². The fourth-order valence-corrected chi connectivity index (χ4v) is 0.773. The van der Waals surface area contributed by atoms with Crippen molar-refractivity contribution in [3.8, 4) is 0 Å². The summed E-state index contributed by atoms with van der Waals surface area (Å²) < 4.78 is 0. The third-order valence-corrected chi connectivity index (χ3v) is 1.31. The Bertz CT molecular complexity index is 201. The van der Waals surface area contributed by atoms with Gasteiger partial charge in [-0.1, -0.05) is 18.2 Å². The van der Waals surface area contributed by atoms with E-state index in [1.165, 1.54) is 5.56 Å². The summed E-state index contributed by atoms with van der Waals surface area (Å²) in [6.07, 6.45) is 8.84. The number of pyridine rings is 1. The smallest absolute Gasteiger partial charge is 0.0303 e. The van der Waals surface area contributed by atoms with Crippen LogP contribution in [0.3, 0.4) is 0 Å². The van der Waals surface area contributed by atoms with E-state index in [9.17, 15) is 0 Å². The number of aromatic nitrogens is 1. The maximum Gasteiger partial charge on any atom is 0.0303 e. The zero-order valence-corrected chi connectivity index (χ0v) is 6.12. The Morgan fingerprint density at radius 3 is 3.10 bits per heavy atom. The maximum atomic E-state index is 4.00. The molecule has 0 aliphatic heterocycles. The van der Waals surface area contributed by atoms with E-state index in [1.807, 2.05) is 25.3 Å². The lowest BCUT2D eigenvalue weighted by Gasteiger charge is -1.91. The second-order valence-corrected chi connectivity index (χ2v) is 2.13.